The highest BCUT2D eigenvalue weighted by Crippen LogP contribution is 2.14. The van der Waals surface area contributed by atoms with Gasteiger partial charge in [0.1, 0.15) is 0 Å². The summed E-state index contributed by atoms with van der Waals surface area (Å²) >= 11 is 0. The smallest absolute Gasteiger partial charge is 0.00218 e. The van der Waals surface area contributed by atoms with Crippen molar-refractivity contribution in [3.05, 3.63) is 0 Å². The molecule has 0 rings (SSSR count). The van der Waals surface area contributed by atoms with Crippen LogP contribution in [0.1, 0.15) is 155 Å². The number of unbranched alkanes of at least 4 members (excludes halogenated alkanes) is 20. The molecule has 28 heavy (non-hydrogen) atoms. The van der Waals surface area contributed by atoms with Crippen molar-refractivity contribution < 1.29 is 0 Å². The molecule has 0 bridgehead atoms. The molecule has 0 saturated carbocycles. The van der Waals surface area contributed by atoms with Crippen LogP contribution in [0.15, 0.2) is 0 Å². The van der Waals surface area contributed by atoms with Crippen LogP contribution in [0, 0.1) is 0 Å². The van der Waals surface area contributed by atoms with Gasteiger partial charge < -0.3 is 4.90 Å². The highest BCUT2D eigenvalue weighted by molar-refractivity contribution is 4.55. The molecule has 0 aliphatic rings. The normalized spacial score (nSPS) is 11.6. The van der Waals surface area contributed by atoms with E-state index in [1.54, 1.807) is 0 Å². The predicted molar refractivity (Wildman–Crippen MR) is 130 cm³/mol. The van der Waals surface area contributed by atoms with Crippen LogP contribution in [0.5, 0.6) is 0 Å². The Morgan fingerprint density at radius 2 is 0.536 bits per heavy atom. The van der Waals surface area contributed by atoms with Gasteiger partial charge >= 0.3 is 0 Å². The molecule has 0 radical (unpaired) electrons. The molecule has 170 valence electrons. The zero-order valence-electron chi connectivity index (χ0n) is 20.4. The Bertz CT molecular complexity index is 263. The lowest BCUT2D eigenvalue weighted by molar-refractivity contribution is 0.314. The van der Waals surface area contributed by atoms with Crippen molar-refractivity contribution in [2.75, 3.05) is 20.1 Å². The van der Waals surface area contributed by atoms with Gasteiger partial charge in [-0.1, -0.05) is 142 Å². The molecule has 0 atom stereocenters. The summed E-state index contributed by atoms with van der Waals surface area (Å²) in [4.78, 5) is 2.56. The molecule has 0 aromatic heterocycles. The van der Waals surface area contributed by atoms with Gasteiger partial charge in [0.2, 0.25) is 0 Å². The van der Waals surface area contributed by atoms with Gasteiger partial charge in [-0.3, -0.25) is 0 Å². The minimum absolute atomic E-state index is 1.31. The number of hydrogen-bond acceptors (Lipinski definition) is 1. The molecule has 0 amide bonds. The Balaban J connectivity index is 3.09. The van der Waals surface area contributed by atoms with Gasteiger partial charge in [0.25, 0.3) is 0 Å². The average Bonchev–Trinajstić information content (AvgIpc) is 2.70. The fourth-order valence-corrected chi connectivity index (χ4v) is 4.20. The maximum atomic E-state index is 2.56. The molecular weight excluding hydrogens is 338 g/mol. The molecule has 0 aromatic carbocycles. The third kappa shape index (κ3) is 24.0. The van der Waals surface area contributed by atoms with Crippen molar-refractivity contribution in [3.63, 3.8) is 0 Å². The molecule has 1 heteroatoms. The van der Waals surface area contributed by atoms with Crippen LogP contribution >= 0.6 is 0 Å². The van der Waals surface area contributed by atoms with Crippen molar-refractivity contribution in [1.82, 2.24) is 4.90 Å². The molecule has 0 aliphatic carbocycles. The summed E-state index contributed by atoms with van der Waals surface area (Å²) in [6.07, 6.45) is 31.9. The van der Waals surface area contributed by atoms with Crippen LogP contribution in [0.3, 0.4) is 0 Å². The molecule has 0 fully saturated rings. The summed E-state index contributed by atoms with van der Waals surface area (Å²) in [7, 11) is 2.32. The Kier molecular flexibility index (Phi) is 25.0. The quantitative estimate of drug-likeness (QED) is 0.147. The van der Waals surface area contributed by atoms with Gasteiger partial charge in [-0.25, -0.2) is 0 Å². The van der Waals surface area contributed by atoms with E-state index in [1.807, 2.05) is 0 Å². The SMILES string of the molecule is CCCCCCCCCCCCCCCCCCN(C)CCCCCCCC. The largest absolute Gasteiger partial charge is 0.306 e. The summed E-state index contributed by atoms with van der Waals surface area (Å²) in [5, 5.41) is 0. The van der Waals surface area contributed by atoms with Gasteiger partial charge in [-0.2, -0.15) is 0 Å². The number of hydrogen-bond donors (Lipinski definition) is 0. The fourth-order valence-electron chi connectivity index (χ4n) is 4.20. The van der Waals surface area contributed by atoms with Crippen LogP contribution in [-0.4, -0.2) is 25.0 Å². The predicted octanol–water partition coefficient (Wildman–Crippen LogP) is 9.54. The minimum Gasteiger partial charge on any atom is -0.306 e. The molecule has 1 nitrogen and oxygen atoms in total. The van der Waals surface area contributed by atoms with Crippen molar-refractivity contribution in [3.8, 4) is 0 Å². The van der Waals surface area contributed by atoms with Crippen LogP contribution in [0.25, 0.3) is 0 Å². The standard InChI is InChI=1S/C27H57N/c1-4-6-8-10-12-13-14-15-16-17-18-19-20-21-23-25-27-28(3)26-24-22-11-9-7-5-2/h4-27H2,1-3H3. The van der Waals surface area contributed by atoms with Crippen LogP contribution < -0.4 is 0 Å². The van der Waals surface area contributed by atoms with Gasteiger partial charge in [0.05, 0.1) is 0 Å². The second-order valence-corrected chi connectivity index (χ2v) is 9.37. The van der Waals surface area contributed by atoms with Gasteiger partial charge in [0.15, 0.2) is 0 Å². The monoisotopic (exact) mass is 395 g/mol. The molecule has 0 aliphatic heterocycles. The maximum Gasteiger partial charge on any atom is -0.00218 e. The Morgan fingerprint density at radius 1 is 0.321 bits per heavy atom. The Hall–Kier alpha value is -0.0400. The molecule has 0 N–H and O–H groups in total. The number of rotatable bonds is 24. The zero-order chi connectivity index (χ0) is 20.5. The van der Waals surface area contributed by atoms with Crippen LogP contribution in [-0.2, 0) is 0 Å². The lowest BCUT2D eigenvalue weighted by Crippen LogP contribution is -2.20. The molecule has 0 unspecified atom stereocenters. The van der Waals surface area contributed by atoms with E-state index < -0.39 is 0 Å². The van der Waals surface area contributed by atoms with E-state index in [-0.39, 0.29) is 0 Å². The van der Waals surface area contributed by atoms with Gasteiger partial charge in [0, 0.05) is 0 Å². The highest BCUT2D eigenvalue weighted by atomic mass is 15.1. The van der Waals surface area contributed by atoms with Crippen molar-refractivity contribution >= 4 is 0 Å². The maximum absolute atomic E-state index is 2.56. The molecule has 0 saturated heterocycles. The topological polar surface area (TPSA) is 3.24 Å². The minimum atomic E-state index is 1.31. The zero-order valence-corrected chi connectivity index (χ0v) is 20.4. The van der Waals surface area contributed by atoms with Crippen molar-refractivity contribution in [2.45, 2.75) is 155 Å². The van der Waals surface area contributed by atoms with E-state index in [0.717, 1.165) is 0 Å². The van der Waals surface area contributed by atoms with Crippen molar-refractivity contribution in [2.24, 2.45) is 0 Å². The first kappa shape index (κ1) is 28.0. The van der Waals surface area contributed by atoms with E-state index >= 15 is 0 Å². The Morgan fingerprint density at radius 3 is 0.786 bits per heavy atom. The van der Waals surface area contributed by atoms with E-state index in [1.165, 1.54) is 154 Å². The van der Waals surface area contributed by atoms with Crippen molar-refractivity contribution in [1.29, 1.82) is 0 Å². The lowest BCUT2D eigenvalue weighted by atomic mass is 10.0. The first-order valence-corrected chi connectivity index (χ1v) is 13.5. The van der Waals surface area contributed by atoms with Gasteiger partial charge in [-0.15, -0.1) is 0 Å². The highest BCUT2D eigenvalue weighted by Gasteiger charge is 1.99. The van der Waals surface area contributed by atoms with E-state index in [0.29, 0.717) is 0 Å². The average molecular weight is 396 g/mol. The van der Waals surface area contributed by atoms with E-state index in [4.69, 9.17) is 0 Å². The first-order valence-electron chi connectivity index (χ1n) is 13.5. The molecule has 0 aromatic rings. The van der Waals surface area contributed by atoms with Crippen LogP contribution in [0.2, 0.25) is 0 Å². The second kappa shape index (κ2) is 25.0. The fraction of sp³-hybridized carbons (Fsp3) is 1.00. The lowest BCUT2D eigenvalue weighted by Gasteiger charge is -2.16. The molecule has 0 heterocycles. The third-order valence-corrected chi connectivity index (χ3v) is 6.29. The van der Waals surface area contributed by atoms with Gasteiger partial charge in [-0.05, 0) is 33.0 Å². The number of nitrogens with zero attached hydrogens (tertiary/aromatic N) is 1. The summed E-state index contributed by atoms with van der Waals surface area (Å²) < 4.78 is 0. The Labute approximate surface area is 180 Å². The second-order valence-electron chi connectivity index (χ2n) is 9.37. The summed E-state index contributed by atoms with van der Waals surface area (Å²) in [5.74, 6) is 0. The van der Waals surface area contributed by atoms with E-state index in [9.17, 15) is 0 Å². The van der Waals surface area contributed by atoms with E-state index in [2.05, 4.69) is 25.8 Å². The first-order chi connectivity index (χ1) is 13.8. The third-order valence-electron chi connectivity index (χ3n) is 6.29. The summed E-state index contributed by atoms with van der Waals surface area (Å²) in [5.41, 5.74) is 0. The summed E-state index contributed by atoms with van der Waals surface area (Å²) in [6, 6.07) is 0. The summed E-state index contributed by atoms with van der Waals surface area (Å²) in [6.45, 7) is 7.22. The van der Waals surface area contributed by atoms with Crippen LogP contribution in [0.4, 0.5) is 0 Å². The molecular formula is C27H57N. The molecule has 0 spiro atoms.